The lowest BCUT2D eigenvalue weighted by Gasteiger charge is -2.30. The minimum absolute atomic E-state index is 0.463. The highest BCUT2D eigenvalue weighted by Gasteiger charge is 2.17. The van der Waals surface area contributed by atoms with Crippen molar-refractivity contribution in [3.8, 4) is 5.75 Å². The normalized spacial score (nSPS) is 16.7. The topological polar surface area (TPSA) is 36.5 Å². The Morgan fingerprint density at radius 1 is 1.35 bits per heavy atom. The molecule has 0 aromatic heterocycles. The van der Waals surface area contributed by atoms with Crippen LogP contribution in [0, 0.1) is 0 Å². The number of likely N-dealkylation sites (tertiary alicyclic amines) is 1. The van der Waals surface area contributed by atoms with Gasteiger partial charge in [0.05, 0.1) is 12.3 Å². The summed E-state index contributed by atoms with van der Waals surface area (Å²) in [7, 11) is 2.16. The molecule has 1 aliphatic rings. The lowest BCUT2D eigenvalue weighted by Crippen LogP contribution is -2.44. The highest BCUT2D eigenvalue weighted by molar-refractivity contribution is 7.80. The fraction of sp³-hybridized carbons (Fsp3) is 0.533. The number of hydrogen-bond acceptors (Lipinski definition) is 3. The van der Waals surface area contributed by atoms with Gasteiger partial charge < -0.3 is 20.3 Å². The van der Waals surface area contributed by atoms with E-state index in [1.54, 1.807) is 0 Å². The van der Waals surface area contributed by atoms with Crippen LogP contribution in [0.4, 0.5) is 5.69 Å². The van der Waals surface area contributed by atoms with Crippen LogP contribution in [0.1, 0.15) is 19.8 Å². The van der Waals surface area contributed by atoms with Gasteiger partial charge in [-0.1, -0.05) is 12.1 Å². The van der Waals surface area contributed by atoms with Gasteiger partial charge in [-0.25, -0.2) is 0 Å². The second-order valence-corrected chi connectivity index (χ2v) is 5.51. The largest absolute Gasteiger partial charge is 0.492 e. The molecular formula is C15H23N3OS. The monoisotopic (exact) mass is 293 g/mol. The lowest BCUT2D eigenvalue weighted by atomic mass is 10.1. The molecule has 0 unspecified atom stereocenters. The summed E-state index contributed by atoms with van der Waals surface area (Å²) in [5.74, 6) is 0.836. The zero-order chi connectivity index (χ0) is 14.4. The molecule has 5 heteroatoms. The SMILES string of the molecule is CCOc1ccccc1NC(=S)NC1CCN(C)CC1. The van der Waals surface area contributed by atoms with Crippen LogP contribution in [0.15, 0.2) is 24.3 Å². The van der Waals surface area contributed by atoms with Gasteiger partial charge in [-0.2, -0.15) is 0 Å². The van der Waals surface area contributed by atoms with E-state index in [0.717, 1.165) is 37.4 Å². The molecule has 110 valence electrons. The van der Waals surface area contributed by atoms with Crippen LogP contribution in [-0.2, 0) is 0 Å². The number of hydrogen-bond donors (Lipinski definition) is 2. The third-order valence-corrected chi connectivity index (χ3v) is 3.71. The molecule has 0 amide bonds. The number of piperidine rings is 1. The van der Waals surface area contributed by atoms with Crippen LogP contribution in [0.3, 0.4) is 0 Å². The third kappa shape index (κ3) is 4.35. The number of rotatable bonds is 4. The van der Waals surface area contributed by atoms with Gasteiger partial charge in [0.1, 0.15) is 5.75 Å². The van der Waals surface area contributed by atoms with Crippen LogP contribution in [-0.4, -0.2) is 42.8 Å². The predicted molar refractivity (Wildman–Crippen MR) is 87.5 cm³/mol. The molecule has 2 rings (SSSR count). The van der Waals surface area contributed by atoms with Gasteiger partial charge in [0.2, 0.25) is 0 Å². The minimum Gasteiger partial charge on any atom is -0.492 e. The molecule has 1 saturated heterocycles. The maximum absolute atomic E-state index is 5.59. The Morgan fingerprint density at radius 2 is 2.05 bits per heavy atom. The fourth-order valence-electron chi connectivity index (χ4n) is 2.35. The highest BCUT2D eigenvalue weighted by Crippen LogP contribution is 2.23. The number of nitrogens with zero attached hydrogens (tertiary/aromatic N) is 1. The van der Waals surface area contributed by atoms with E-state index in [2.05, 4.69) is 22.6 Å². The van der Waals surface area contributed by atoms with Crippen molar-refractivity contribution in [1.29, 1.82) is 0 Å². The van der Waals surface area contributed by atoms with E-state index in [9.17, 15) is 0 Å². The zero-order valence-electron chi connectivity index (χ0n) is 12.2. The van der Waals surface area contributed by atoms with Crippen molar-refractivity contribution in [1.82, 2.24) is 10.2 Å². The van der Waals surface area contributed by atoms with E-state index in [0.29, 0.717) is 17.8 Å². The lowest BCUT2D eigenvalue weighted by molar-refractivity contribution is 0.247. The summed E-state index contributed by atoms with van der Waals surface area (Å²) in [6.45, 7) is 4.87. The van der Waals surface area contributed by atoms with Crippen LogP contribution in [0.2, 0.25) is 0 Å². The molecule has 1 fully saturated rings. The first kappa shape index (κ1) is 15.1. The molecule has 20 heavy (non-hydrogen) atoms. The van der Waals surface area contributed by atoms with Crippen molar-refractivity contribution in [2.75, 3.05) is 32.1 Å². The van der Waals surface area contributed by atoms with E-state index in [4.69, 9.17) is 17.0 Å². The second kappa shape index (κ2) is 7.45. The average Bonchev–Trinajstić information content (AvgIpc) is 2.44. The Labute approximate surface area is 126 Å². The van der Waals surface area contributed by atoms with Gasteiger partial charge in [-0.05, 0) is 64.3 Å². The second-order valence-electron chi connectivity index (χ2n) is 5.11. The van der Waals surface area contributed by atoms with E-state index < -0.39 is 0 Å². The summed E-state index contributed by atoms with van der Waals surface area (Å²) in [5.41, 5.74) is 0.916. The number of thiocarbonyl (C=S) groups is 1. The van der Waals surface area contributed by atoms with Crippen LogP contribution >= 0.6 is 12.2 Å². The van der Waals surface area contributed by atoms with Gasteiger partial charge in [0.15, 0.2) is 5.11 Å². The number of anilines is 1. The molecule has 1 aromatic rings. The van der Waals surface area contributed by atoms with Crippen molar-refractivity contribution >= 4 is 23.0 Å². The molecule has 4 nitrogen and oxygen atoms in total. The molecule has 0 atom stereocenters. The van der Waals surface area contributed by atoms with Crippen LogP contribution in [0.5, 0.6) is 5.75 Å². The Hall–Kier alpha value is -1.33. The summed E-state index contributed by atoms with van der Waals surface area (Å²) in [5, 5.41) is 7.30. The Balaban J connectivity index is 1.88. The van der Waals surface area contributed by atoms with E-state index in [1.807, 2.05) is 31.2 Å². The molecule has 0 spiro atoms. The van der Waals surface area contributed by atoms with Crippen molar-refractivity contribution < 1.29 is 4.74 Å². The molecule has 0 bridgehead atoms. The molecule has 0 aliphatic carbocycles. The zero-order valence-corrected chi connectivity index (χ0v) is 13.0. The molecule has 1 aliphatic heterocycles. The maximum Gasteiger partial charge on any atom is 0.171 e. The summed E-state index contributed by atoms with van der Waals surface area (Å²) >= 11 is 5.40. The first-order valence-corrected chi connectivity index (χ1v) is 7.57. The van der Waals surface area contributed by atoms with Gasteiger partial charge in [-0.3, -0.25) is 0 Å². The van der Waals surface area contributed by atoms with Crippen LogP contribution < -0.4 is 15.4 Å². The number of nitrogens with one attached hydrogen (secondary N) is 2. The molecular weight excluding hydrogens is 270 g/mol. The molecule has 0 saturated carbocycles. The first-order chi connectivity index (χ1) is 9.69. The maximum atomic E-state index is 5.59. The smallest absolute Gasteiger partial charge is 0.171 e. The van der Waals surface area contributed by atoms with Crippen LogP contribution in [0.25, 0.3) is 0 Å². The van der Waals surface area contributed by atoms with Crippen molar-refractivity contribution in [3.05, 3.63) is 24.3 Å². The number of ether oxygens (including phenoxy) is 1. The third-order valence-electron chi connectivity index (χ3n) is 3.49. The first-order valence-electron chi connectivity index (χ1n) is 7.17. The summed E-state index contributed by atoms with van der Waals surface area (Å²) in [6, 6.07) is 8.33. The van der Waals surface area contributed by atoms with Gasteiger partial charge in [0, 0.05) is 6.04 Å². The quantitative estimate of drug-likeness (QED) is 0.834. The van der Waals surface area contributed by atoms with E-state index in [1.165, 1.54) is 0 Å². The Kier molecular flexibility index (Phi) is 5.61. The summed E-state index contributed by atoms with van der Waals surface area (Å²) < 4.78 is 5.59. The highest BCUT2D eigenvalue weighted by atomic mass is 32.1. The molecule has 2 N–H and O–H groups in total. The predicted octanol–water partition coefficient (Wildman–Crippen LogP) is 2.47. The minimum atomic E-state index is 0.463. The fourth-order valence-corrected chi connectivity index (χ4v) is 2.62. The molecule has 0 radical (unpaired) electrons. The van der Waals surface area contributed by atoms with Gasteiger partial charge in [-0.15, -0.1) is 0 Å². The summed E-state index contributed by atoms with van der Waals surface area (Å²) in [4.78, 5) is 2.35. The van der Waals surface area contributed by atoms with E-state index in [-0.39, 0.29) is 0 Å². The molecule has 1 aromatic carbocycles. The Bertz CT molecular complexity index is 444. The van der Waals surface area contributed by atoms with E-state index >= 15 is 0 Å². The average molecular weight is 293 g/mol. The summed E-state index contributed by atoms with van der Waals surface area (Å²) in [6.07, 6.45) is 2.26. The van der Waals surface area contributed by atoms with Crippen molar-refractivity contribution in [2.24, 2.45) is 0 Å². The van der Waals surface area contributed by atoms with Gasteiger partial charge in [0.25, 0.3) is 0 Å². The van der Waals surface area contributed by atoms with Crippen molar-refractivity contribution in [3.63, 3.8) is 0 Å². The number of para-hydroxylation sites is 2. The Morgan fingerprint density at radius 3 is 2.75 bits per heavy atom. The standard InChI is InChI=1S/C15H23N3OS/c1-3-19-14-7-5-4-6-13(14)17-15(20)16-12-8-10-18(2)11-9-12/h4-7,12H,3,8-11H2,1-2H3,(H2,16,17,20). The molecule has 1 heterocycles. The van der Waals surface area contributed by atoms with Gasteiger partial charge >= 0.3 is 0 Å². The van der Waals surface area contributed by atoms with Crippen molar-refractivity contribution in [2.45, 2.75) is 25.8 Å². The number of benzene rings is 1.